The van der Waals surface area contributed by atoms with Gasteiger partial charge in [0.1, 0.15) is 5.76 Å². The Balaban J connectivity index is 1.18. The number of hydrogen-bond donors (Lipinski definition) is 0. The molecule has 0 bridgehead atoms. The highest BCUT2D eigenvalue weighted by atomic mass is 31.1. The highest BCUT2D eigenvalue weighted by Gasteiger charge is 2.33. The summed E-state index contributed by atoms with van der Waals surface area (Å²) in [5.41, 5.74) is 5.46. The molecule has 0 aromatic carbocycles. The fourth-order valence-electron chi connectivity index (χ4n) is 5.64. The lowest BCUT2D eigenvalue weighted by molar-refractivity contribution is 0.192. The van der Waals surface area contributed by atoms with Crippen LogP contribution in [0.15, 0.2) is 58.8 Å². The number of nitrogens with zero attached hydrogens (tertiary/aromatic N) is 4. The zero-order valence-corrected chi connectivity index (χ0v) is 22.2. The first-order valence-corrected chi connectivity index (χ1v) is 14.3. The number of hydrogen-bond acceptors (Lipinski definition) is 5. The molecule has 186 valence electrons. The van der Waals surface area contributed by atoms with Crippen LogP contribution in [-0.2, 0) is 6.42 Å². The second kappa shape index (κ2) is 11.8. The minimum absolute atomic E-state index is 0.318. The number of pyridine rings is 1. The van der Waals surface area contributed by atoms with E-state index in [1.807, 2.05) is 12.3 Å². The van der Waals surface area contributed by atoms with Crippen LogP contribution in [0.5, 0.6) is 0 Å². The van der Waals surface area contributed by atoms with E-state index in [0.29, 0.717) is 20.2 Å². The highest BCUT2D eigenvalue weighted by molar-refractivity contribution is 7.48. The van der Waals surface area contributed by atoms with E-state index in [1.165, 1.54) is 56.3 Å². The lowest BCUT2D eigenvalue weighted by Crippen LogP contribution is -2.35. The van der Waals surface area contributed by atoms with Gasteiger partial charge >= 0.3 is 0 Å². The summed E-state index contributed by atoms with van der Waals surface area (Å²) in [6.07, 6.45) is 20.8. The topological polar surface area (TPSA) is 45.4 Å². The fraction of sp³-hybridized carbons (Fsp3) is 0.517. The van der Waals surface area contributed by atoms with E-state index >= 15 is 0 Å². The van der Waals surface area contributed by atoms with Crippen molar-refractivity contribution in [1.82, 2.24) is 19.9 Å². The van der Waals surface area contributed by atoms with E-state index in [4.69, 9.17) is 4.52 Å². The van der Waals surface area contributed by atoms with Gasteiger partial charge in [0.15, 0.2) is 0 Å². The van der Waals surface area contributed by atoms with Crippen molar-refractivity contribution in [3.8, 4) is 0 Å². The zero-order chi connectivity index (χ0) is 24.0. The summed E-state index contributed by atoms with van der Waals surface area (Å²) in [7, 11) is 4.92. The Bertz CT molecular complexity index is 1050. The number of likely N-dealkylation sites (N-methyl/N-ethyl adjacent to an activating group) is 1. The molecule has 3 heterocycles. The molecule has 0 radical (unpaired) electrons. The Morgan fingerprint density at radius 1 is 1.14 bits per heavy atom. The number of fused-ring (bicyclic) bond motifs is 1. The monoisotopic (exact) mass is 490 g/mol. The van der Waals surface area contributed by atoms with E-state index in [2.05, 4.69) is 76.5 Å². The smallest absolute Gasteiger partial charge is 0.149 e. The molecule has 0 saturated carbocycles. The van der Waals surface area contributed by atoms with E-state index in [-0.39, 0.29) is 0 Å². The summed E-state index contributed by atoms with van der Waals surface area (Å²) >= 11 is 0. The number of allylic oxidation sites excluding steroid dienone is 3. The molecule has 0 spiro atoms. The van der Waals surface area contributed by atoms with Crippen molar-refractivity contribution in [2.75, 3.05) is 40.3 Å². The number of aryl methyl sites for hydroxylation is 1. The molecule has 3 atom stereocenters. The van der Waals surface area contributed by atoms with E-state index in [1.54, 1.807) is 0 Å². The van der Waals surface area contributed by atoms with E-state index in [9.17, 15) is 0 Å². The summed E-state index contributed by atoms with van der Waals surface area (Å²) in [6, 6.07) is 6.20. The standard InChI is InChI=1S/C29H39N4OP/c1-32(2)21-25-27(35-28-10-6-7-17-30-28)14-12-24-26(31-34-29(24)25)13-11-22-15-18-33(19-16-22)20-23-8-4-3-5-9-23/h4,6-10,12,14,17,22,25,27,35H,3,5,11,13,15-16,18-21H2,1-2H3. The molecule has 2 aromatic rings. The van der Waals surface area contributed by atoms with Crippen molar-refractivity contribution in [1.29, 1.82) is 0 Å². The van der Waals surface area contributed by atoms with Gasteiger partial charge in [0, 0.05) is 36.4 Å². The molecule has 3 aliphatic rings. The van der Waals surface area contributed by atoms with Gasteiger partial charge in [0.05, 0.1) is 11.1 Å². The van der Waals surface area contributed by atoms with Crippen LogP contribution in [-0.4, -0.2) is 65.9 Å². The Kier molecular flexibility index (Phi) is 8.28. The molecule has 1 fully saturated rings. The minimum atomic E-state index is 0.318. The van der Waals surface area contributed by atoms with Gasteiger partial charge in [-0.15, -0.1) is 0 Å². The van der Waals surface area contributed by atoms with Crippen molar-refractivity contribution in [2.45, 2.75) is 50.1 Å². The number of aromatic nitrogens is 2. The van der Waals surface area contributed by atoms with E-state index in [0.717, 1.165) is 42.3 Å². The summed E-state index contributed by atoms with van der Waals surface area (Å²) in [5.74, 6) is 2.18. The van der Waals surface area contributed by atoms with Crippen LogP contribution in [0.25, 0.3) is 6.08 Å². The molecule has 1 aliphatic heterocycles. The molecule has 6 heteroatoms. The normalized spacial score (nSPS) is 23.3. The zero-order valence-electron chi connectivity index (χ0n) is 21.2. The molecule has 35 heavy (non-hydrogen) atoms. The maximum absolute atomic E-state index is 6.05. The first-order chi connectivity index (χ1) is 17.2. The molecule has 0 N–H and O–H groups in total. The third-order valence-corrected chi connectivity index (χ3v) is 9.11. The second-order valence-corrected chi connectivity index (χ2v) is 12.0. The van der Waals surface area contributed by atoms with Gasteiger partial charge in [-0.05, 0) is 89.3 Å². The fourth-order valence-corrected chi connectivity index (χ4v) is 6.98. The Morgan fingerprint density at radius 2 is 2.03 bits per heavy atom. The lowest BCUT2D eigenvalue weighted by atomic mass is 9.88. The average molecular weight is 491 g/mol. The number of rotatable bonds is 9. The largest absolute Gasteiger partial charge is 0.360 e. The molecule has 5 rings (SSSR count). The van der Waals surface area contributed by atoms with Crippen molar-refractivity contribution >= 4 is 20.1 Å². The molecule has 3 unspecified atom stereocenters. The van der Waals surface area contributed by atoms with Crippen LogP contribution >= 0.6 is 8.58 Å². The quantitative estimate of drug-likeness (QED) is 0.461. The first-order valence-electron chi connectivity index (χ1n) is 13.2. The van der Waals surface area contributed by atoms with Crippen molar-refractivity contribution in [3.63, 3.8) is 0 Å². The van der Waals surface area contributed by atoms with Crippen molar-refractivity contribution in [2.24, 2.45) is 5.92 Å². The van der Waals surface area contributed by atoms with Gasteiger partial charge in [0.2, 0.25) is 0 Å². The minimum Gasteiger partial charge on any atom is -0.360 e. The molecule has 5 nitrogen and oxygen atoms in total. The van der Waals surface area contributed by atoms with Crippen LogP contribution < -0.4 is 5.44 Å². The van der Waals surface area contributed by atoms with Crippen LogP contribution in [0, 0.1) is 5.92 Å². The van der Waals surface area contributed by atoms with Crippen molar-refractivity contribution in [3.05, 3.63) is 71.3 Å². The predicted molar refractivity (Wildman–Crippen MR) is 147 cm³/mol. The molecule has 1 saturated heterocycles. The number of likely N-dealkylation sites (tertiary alicyclic amines) is 1. The molecule has 2 aromatic heterocycles. The molecule has 2 aliphatic carbocycles. The summed E-state index contributed by atoms with van der Waals surface area (Å²) in [5, 5.41) is 4.59. The Morgan fingerprint density at radius 3 is 2.77 bits per heavy atom. The van der Waals surface area contributed by atoms with Gasteiger partial charge in [-0.1, -0.05) is 50.2 Å². The predicted octanol–water partition coefficient (Wildman–Crippen LogP) is 5.04. The van der Waals surface area contributed by atoms with Gasteiger partial charge in [0.25, 0.3) is 0 Å². The van der Waals surface area contributed by atoms with Crippen LogP contribution in [0.2, 0.25) is 0 Å². The van der Waals surface area contributed by atoms with Gasteiger partial charge < -0.3 is 9.42 Å². The summed E-state index contributed by atoms with van der Waals surface area (Å²) < 4.78 is 6.05. The summed E-state index contributed by atoms with van der Waals surface area (Å²) in [4.78, 5) is 9.47. The van der Waals surface area contributed by atoms with Crippen LogP contribution in [0.3, 0.4) is 0 Å². The molecular formula is C29H39N4OP. The maximum atomic E-state index is 6.05. The molecule has 0 amide bonds. The Labute approximate surface area is 212 Å². The van der Waals surface area contributed by atoms with Gasteiger partial charge in [-0.2, -0.15) is 0 Å². The number of piperidine rings is 1. The third-order valence-electron chi connectivity index (χ3n) is 7.59. The van der Waals surface area contributed by atoms with Gasteiger partial charge in [-0.3, -0.25) is 9.88 Å². The lowest BCUT2D eigenvalue weighted by Gasteiger charge is -2.32. The van der Waals surface area contributed by atoms with Crippen LogP contribution in [0.4, 0.5) is 0 Å². The van der Waals surface area contributed by atoms with Crippen molar-refractivity contribution < 1.29 is 4.52 Å². The second-order valence-electron chi connectivity index (χ2n) is 10.5. The third kappa shape index (κ3) is 6.39. The summed E-state index contributed by atoms with van der Waals surface area (Å²) in [6.45, 7) is 4.51. The first kappa shape index (κ1) is 24.6. The highest BCUT2D eigenvalue weighted by Crippen LogP contribution is 2.41. The van der Waals surface area contributed by atoms with Crippen LogP contribution in [0.1, 0.15) is 55.0 Å². The molecular weight excluding hydrogens is 451 g/mol. The van der Waals surface area contributed by atoms with Gasteiger partial charge in [-0.25, -0.2) is 0 Å². The Hall–Kier alpha value is -2.07. The average Bonchev–Trinajstić information content (AvgIpc) is 3.29. The van der Waals surface area contributed by atoms with E-state index < -0.39 is 0 Å². The SMILES string of the molecule is CN(C)CC1c2onc(CCC3CCN(CC4=CCCC=C4)CC3)c2C=CC1Pc1ccccn1. The maximum Gasteiger partial charge on any atom is 0.149 e.